The maximum absolute atomic E-state index is 13.5. The van der Waals surface area contributed by atoms with Gasteiger partial charge in [-0.3, -0.25) is 0 Å². The number of halogens is 1. The Hall–Kier alpha value is -1.68. The van der Waals surface area contributed by atoms with Gasteiger partial charge in [0.2, 0.25) is 0 Å². The minimum Gasteiger partial charge on any atom is -0.491 e. The second kappa shape index (κ2) is 11.9. The van der Waals surface area contributed by atoms with Crippen molar-refractivity contribution in [3.63, 3.8) is 0 Å². The van der Waals surface area contributed by atoms with Gasteiger partial charge in [0.25, 0.3) is 0 Å². The van der Waals surface area contributed by atoms with Crippen LogP contribution in [0.25, 0.3) is 0 Å². The third kappa shape index (κ3) is 7.93. The molecule has 6 heteroatoms. The van der Waals surface area contributed by atoms with Crippen molar-refractivity contribution in [2.24, 2.45) is 0 Å². The number of aromatic nitrogens is 1. The van der Waals surface area contributed by atoms with Crippen molar-refractivity contribution in [1.82, 2.24) is 0 Å². The van der Waals surface area contributed by atoms with Crippen molar-refractivity contribution >= 4 is 0 Å². The van der Waals surface area contributed by atoms with Crippen molar-refractivity contribution in [1.29, 1.82) is 0 Å². The van der Waals surface area contributed by atoms with Crippen LogP contribution >= 0.6 is 0 Å². The molecule has 1 aromatic heterocycles. The third-order valence-electron chi connectivity index (χ3n) is 2.72. The van der Waals surface area contributed by atoms with E-state index < -0.39 is 0 Å². The smallest absolute Gasteiger partial charge is 0.363 e. The van der Waals surface area contributed by atoms with Gasteiger partial charge < -0.3 is 18.9 Å². The molecule has 1 aromatic rings. The van der Waals surface area contributed by atoms with Crippen molar-refractivity contribution in [3.05, 3.63) is 24.3 Å². The third-order valence-corrected chi connectivity index (χ3v) is 2.72. The van der Waals surface area contributed by atoms with E-state index in [4.69, 9.17) is 25.4 Å². The molecule has 0 amide bonds. The second-order valence-electron chi connectivity index (χ2n) is 4.30. The first kappa shape index (κ1) is 18.4. The van der Waals surface area contributed by atoms with Crippen molar-refractivity contribution in [2.45, 2.75) is 13.5 Å². The summed E-state index contributed by atoms with van der Waals surface area (Å²) in [5.41, 5.74) is 0. The number of rotatable bonds is 12. The monoisotopic (exact) mass is 312 g/mol. The molecular weight excluding hydrogens is 289 g/mol. The molecule has 0 aliphatic rings. The van der Waals surface area contributed by atoms with Crippen LogP contribution in [-0.2, 0) is 20.8 Å². The molecule has 0 saturated heterocycles. The van der Waals surface area contributed by atoms with E-state index in [1.807, 2.05) is 6.92 Å². The Balaban J connectivity index is 1.97. The van der Waals surface area contributed by atoms with Gasteiger partial charge in [0.1, 0.15) is 25.5 Å². The van der Waals surface area contributed by atoms with Crippen LogP contribution in [0.3, 0.4) is 0 Å². The molecule has 0 radical (unpaired) electrons. The predicted molar refractivity (Wildman–Crippen MR) is 79.1 cm³/mol. The molecule has 0 unspecified atom stereocenters. The van der Waals surface area contributed by atoms with Crippen LogP contribution in [0, 0.1) is 18.3 Å². The van der Waals surface area contributed by atoms with Crippen LogP contribution in [0.5, 0.6) is 5.75 Å². The Bertz CT molecular complexity index is 462. The number of pyridine rings is 1. The molecule has 1 heterocycles. The normalized spacial score (nSPS) is 10.4. The molecule has 0 aliphatic carbocycles. The van der Waals surface area contributed by atoms with Crippen molar-refractivity contribution < 1.29 is 27.9 Å². The number of hydrogen-bond acceptors (Lipinski definition) is 4. The van der Waals surface area contributed by atoms with E-state index in [1.165, 1.54) is 10.6 Å². The summed E-state index contributed by atoms with van der Waals surface area (Å²) in [5, 5.41) is 0. The molecule has 0 bridgehead atoms. The summed E-state index contributed by atoms with van der Waals surface area (Å²) >= 11 is 0. The highest BCUT2D eigenvalue weighted by molar-refractivity contribution is 5.15. The molecule has 0 atom stereocenters. The Kier molecular flexibility index (Phi) is 9.96. The fourth-order valence-electron chi connectivity index (χ4n) is 1.62. The summed E-state index contributed by atoms with van der Waals surface area (Å²) in [7, 11) is 0. The van der Waals surface area contributed by atoms with Gasteiger partial charge in [-0.1, -0.05) is 5.92 Å². The lowest BCUT2D eigenvalue weighted by molar-refractivity contribution is -0.720. The SMILES string of the molecule is C#CCOCCOCCOCCOc1cc[n+](CC)c(F)c1. The molecule has 22 heavy (non-hydrogen) atoms. The molecule has 5 nitrogen and oxygen atoms in total. The maximum atomic E-state index is 13.5. The first-order valence-corrected chi connectivity index (χ1v) is 7.26. The average molecular weight is 312 g/mol. The topological polar surface area (TPSA) is 40.8 Å². The Labute approximate surface area is 130 Å². The van der Waals surface area contributed by atoms with Gasteiger partial charge in [-0.05, 0) is 6.92 Å². The lowest BCUT2D eigenvalue weighted by Crippen LogP contribution is -2.36. The van der Waals surface area contributed by atoms with Crippen LogP contribution in [0.15, 0.2) is 18.3 Å². The van der Waals surface area contributed by atoms with E-state index >= 15 is 0 Å². The van der Waals surface area contributed by atoms with Crippen LogP contribution < -0.4 is 9.30 Å². The predicted octanol–water partition coefficient (Wildman–Crippen LogP) is 1.19. The molecule has 0 aromatic carbocycles. The second-order valence-corrected chi connectivity index (χ2v) is 4.30. The van der Waals surface area contributed by atoms with Crippen LogP contribution in [-0.4, -0.2) is 46.2 Å². The summed E-state index contributed by atoms with van der Waals surface area (Å²) < 4.78 is 36.0. The first-order chi connectivity index (χ1) is 10.8. The highest BCUT2D eigenvalue weighted by atomic mass is 19.1. The summed E-state index contributed by atoms with van der Waals surface area (Å²) in [5.74, 6) is 2.55. The van der Waals surface area contributed by atoms with Crippen LogP contribution in [0.4, 0.5) is 4.39 Å². The van der Waals surface area contributed by atoms with Gasteiger partial charge in [-0.2, -0.15) is 4.57 Å². The van der Waals surface area contributed by atoms with E-state index in [2.05, 4.69) is 5.92 Å². The average Bonchev–Trinajstić information content (AvgIpc) is 2.53. The van der Waals surface area contributed by atoms with E-state index in [-0.39, 0.29) is 5.95 Å². The van der Waals surface area contributed by atoms with E-state index in [0.717, 1.165) is 0 Å². The van der Waals surface area contributed by atoms with Gasteiger partial charge in [-0.25, -0.2) is 0 Å². The van der Waals surface area contributed by atoms with Gasteiger partial charge >= 0.3 is 5.95 Å². The Morgan fingerprint density at radius 2 is 1.73 bits per heavy atom. The van der Waals surface area contributed by atoms with Gasteiger partial charge in [0.05, 0.1) is 39.1 Å². The lowest BCUT2D eigenvalue weighted by atomic mass is 10.4. The Morgan fingerprint density at radius 3 is 2.32 bits per heavy atom. The van der Waals surface area contributed by atoms with Crippen LogP contribution in [0.1, 0.15) is 6.92 Å². The zero-order valence-corrected chi connectivity index (χ0v) is 12.9. The molecule has 1 rings (SSSR count). The highest BCUT2D eigenvalue weighted by Crippen LogP contribution is 2.08. The number of hydrogen-bond donors (Lipinski definition) is 0. The molecule has 0 aliphatic heterocycles. The minimum atomic E-state index is -0.318. The molecule has 0 spiro atoms. The molecule has 0 fully saturated rings. The van der Waals surface area contributed by atoms with Gasteiger partial charge in [0, 0.05) is 6.07 Å². The molecule has 122 valence electrons. The summed E-state index contributed by atoms with van der Waals surface area (Å²) in [6.07, 6.45) is 6.69. The number of nitrogens with zero attached hydrogens (tertiary/aromatic N) is 1. The van der Waals surface area contributed by atoms with E-state index in [0.29, 0.717) is 58.5 Å². The van der Waals surface area contributed by atoms with Gasteiger partial charge in [-0.15, -0.1) is 10.8 Å². The quantitative estimate of drug-likeness (QED) is 0.252. The summed E-state index contributed by atoms with van der Waals surface area (Å²) in [6.45, 7) is 5.46. The number of aryl methyl sites for hydroxylation is 1. The molecule has 0 N–H and O–H groups in total. The number of ether oxygens (including phenoxy) is 4. The standard InChI is InChI=1S/C16H23FNO4/c1-3-7-19-8-9-20-10-11-21-12-13-22-15-5-6-18(4-2)16(17)14-15/h1,5-6,14H,4,7-13H2,2H3/q+1. The number of terminal acetylenes is 1. The van der Waals surface area contributed by atoms with Crippen molar-refractivity contribution in [2.75, 3.05) is 46.2 Å². The largest absolute Gasteiger partial charge is 0.491 e. The first-order valence-electron chi connectivity index (χ1n) is 7.26. The minimum absolute atomic E-state index is 0.301. The summed E-state index contributed by atoms with van der Waals surface area (Å²) in [4.78, 5) is 0. The Morgan fingerprint density at radius 1 is 1.09 bits per heavy atom. The van der Waals surface area contributed by atoms with E-state index in [9.17, 15) is 4.39 Å². The fourth-order valence-corrected chi connectivity index (χ4v) is 1.62. The molecule has 0 saturated carbocycles. The summed E-state index contributed by atoms with van der Waals surface area (Å²) in [6, 6.07) is 3.09. The van der Waals surface area contributed by atoms with E-state index in [1.54, 1.807) is 12.3 Å². The van der Waals surface area contributed by atoms with Gasteiger partial charge in [0.15, 0.2) is 6.20 Å². The fraction of sp³-hybridized carbons (Fsp3) is 0.562. The zero-order valence-electron chi connectivity index (χ0n) is 12.9. The highest BCUT2D eigenvalue weighted by Gasteiger charge is 2.08. The van der Waals surface area contributed by atoms with Crippen molar-refractivity contribution in [3.8, 4) is 18.1 Å². The zero-order chi connectivity index (χ0) is 16.0. The lowest BCUT2D eigenvalue weighted by Gasteiger charge is -2.07. The van der Waals surface area contributed by atoms with Crippen LogP contribution in [0.2, 0.25) is 0 Å². The maximum Gasteiger partial charge on any atom is 0.363 e. The molecular formula is C16H23FNO4+.